The van der Waals surface area contributed by atoms with Gasteiger partial charge in [0.25, 0.3) is 0 Å². The van der Waals surface area contributed by atoms with Crippen LogP contribution in [0.4, 0.5) is 0 Å². The second kappa shape index (κ2) is 6.71. The van der Waals surface area contributed by atoms with E-state index >= 15 is 0 Å². The molecule has 1 aliphatic rings. The average Bonchev–Trinajstić information content (AvgIpc) is 2.56. The number of imide groups is 1. The molecule has 5 nitrogen and oxygen atoms in total. The van der Waals surface area contributed by atoms with E-state index in [1.807, 2.05) is 0 Å². The summed E-state index contributed by atoms with van der Waals surface area (Å²) in [4.78, 5) is 26.5. The van der Waals surface area contributed by atoms with E-state index < -0.39 is 0 Å². The van der Waals surface area contributed by atoms with Crippen LogP contribution in [0.15, 0.2) is 0 Å². The summed E-state index contributed by atoms with van der Waals surface area (Å²) in [6.45, 7) is 8.07. The molecule has 17 heavy (non-hydrogen) atoms. The molecule has 0 saturated carbocycles. The van der Waals surface area contributed by atoms with E-state index in [-0.39, 0.29) is 17.9 Å². The zero-order chi connectivity index (χ0) is 12.8. The topological polar surface area (TPSA) is 52.7 Å². The zero-order valence-corrected chi connectivity index (χ0v) is 11.0. The number of hydrogen-bond donors (Lipinski definition) is 1. The first-order chi connectivity index (χ1) is 8.10. The standard InChI is InChI=1S/C12H23N3O2/c1-4-7-15(5-2)8-6-13-10-9-11(16)14(3)12(10)17/h10,13H,4-9H2,1-3H3. The highest BCUT2D eigenvalue weighted by molar-refractivity contribution is 6.05. The van der Waals surface area contributed by atoms with Gasteiger partial charge in [-0.15, -0.1) is 0 Å². The Morgan fingerprint density at radius 2 is 2.06 bits per heavy atom. The van der Waals surface area contributed by atoms with Crippen molar-refractivity contribution in [1.29, 1.82) is 0 Å². The first-order valence-electron chi connectivity index (χ1n) is 6.36. The molecule has 1 N–H and O–H groups in total. The molecule has 0 bridgehead atoms. The van der Waals surface area contributed by atoms with Crippen LogP contribution in [0.5, 0.6) is 0 Å². The molecule has 1 fully saturated rings. The monoisotopic (exact) mass is 241 g/mol. The molecule has 1 saturated heterocycles. The number of hydrogen-bond acceptors (Lipinski definition) is 4. The SMILES string of the molecule is CCCN(CC)CCNC1CC(=O)N(C)C1=O. The lowest BCUT2D eigenvalue weighted by atomic mass is 10.2. The number of amides is 2. The van der Waals surface area contributed by atoms with Crippen molar-refractivity contribution in [2.24, 2.45) is 0 Å². The highest BCUT2D eigenvalue weighted by atomic mass is 16.2. The molecule has 1 rings (SSSR count). The Bertz CT molecular complexity index is 281. The fourth-order valence-corrected chi connectivity index (χ4v) is 2.06. The van der Waals surface area contributed by atoms with Gasteiger partial charge >= 0.3 is 0 Å². The summed E-state index contributed by atoms with van der Waals surface area (Å²) in [6, 6.07) is -0.312. The lowest BCUT2D eigenvalue weighted by Gasteiger charge is -2.20. The molecule has 5 heteroatoms. The second-order valence-electron chi connectivity index (χ2n) is 4.44. The molecule has 98 valence electrons. The highest BCUT2D eigenvalue weighted by Gasteiger charge is 2.35. The number of nitrogens with zero attached hydrogens (tertiary/aromatic N) is 2. The fourth-order valence-electron chi connectivity index (χ4n) is 2.06. The quantitative estimate of drug-likeness (QED) is 0.641. The largest absolute Gasteiger partial charge is 0.304 e. The summed E-state index contributed by atoms with van der Waals surface area (Å²) >= 11 is 0. The van der Waals surface area contributed by atoms with Gasteiger partial charge in [0.2, 0.25) is 11.8 Å². The lowest BCUT2D eigenvalue weighted by molar-refractivity contribution is -0.137. The molecule has 0 aliphatic carbocycles. The Hall–Kier alpha value is -0.940. The normalized spacial score (nSPS) is 20.7. The van der Waals surface area contributed by atoms with Gasteiger partial charge < -0.3 is 10.2 Å². The van der Waals surface area contributed by atoms with E-state index in [1.165, 1.54) is 4.90 Å². The minimum atomic E-state index is -0.312. The van der Waals surface area contributed by atoms with E-state index in [2.05, 4.69) is 24.1 Å². The van der Waals surface area contributed by atoms with Crippen molar-refractivity contribution in [2.45, 2.75) is 32.7 Å². The predicted molar refractivity (Wildman–Crippen MR) is 66.6 cm³/mol. The molecule has 2 amide bonds. The summed E-state index contributed by atoms with van der Waals surface area (Å²) in [6.07, 6.45) is 1.44. The van der Waals surface area contributed by atoms with Crippen LogP contribution in [0.25, 0.3) is 0 Å². The van der Waals surface area contributed by atoms with Crippen molar-refractivity contribution in [3.05, 3.63) is 0 Å². The molecular formula is C12H23N3O2. The van der Waals surface area contributed by atoms with Gasteiger partial charge in [0, 0.05) is 20.1 Å². The van der Waals surface area contributed by atoms with Gasteiger partial charge in [-0.05, 0) is 19.5 Å². The maximum Gasteiger partial charge on any atom is 0.246 e. The summed E-state index contributed by atoms with van der Waals surface area (Å²) < 4.78 is 0. The van der Waals surface area contributed by atoms with E-state index in [1.54, 1.807) is 7.05 Å². The van der Waals surface area contributed by atoms with Gasteiger partial charge in [0.1, 0.15) is 0 Å². The smallest absolute Gasteiger partial charge is 0.246 e. The molecular weight excluding hydrogens is 218 g/mol. The Kier molecular flexibility index (Phi) is 5.58. The fraction of sp³-hybridized carbons (Fsp3) is 0.833. The lowest BCUT2D eigenvalue weighted by Crippen LogP contribution is -2.41. The molecule has 0 aromatic heterocycles. The third kappa shape index (κ3) is 3.78. The van der Waals surface area contributed by atoms with Gasteiger partial charge in [0.15, 0.2) is 0 Å². The van der Waals surface area contributed by atoms with Crippen molar-refractivity contribution in [2.75, 3.05) is 33.2 Å². The summed E-state index contributed by atoms with van der Waals surface area (Å²) in [7, 11) is 1.54. The highest BCUT2D eigenvalue weighted by Crippen LogP contribution is 2.09. The first kappa shape index (κ1) is 14.1. The number of carbonyl (C=O) groups is 2. The Balaban J connectivity index is 2.27. The maximum atomic E-state index is 11.6. The van der Waals surface area contributed by atoms with Crippen molar-refractivity contribution >= 4 is 11.8 Å². The zero-order valence-electron chi connectivity index (χ0n) is 11.0. The molecule has 0 aromatic rings. The third-order valence-electron chi connectivity index (χ3n) is 3.19. The van der Waals surface area contributed by atoms with Crippen LogP contribution < -0.4 is 5.32 Å². The molecule has 0 spiro atoms. The second-order valence-corrected chi connectivity index (χ2v) is 4.44. The Labute approximate surface area is 103 Å². The number of likely N-dealkylation sites (tertiary alicyclic amines) is 1. The minimum Gasteiger partial charge on any atom is -0.304 e. The number of carbonyl (C=O) groups excluding carboxylic acids is 2. The number of likely N-dealkylation sites (N-methyl/N-ethyl adjacent to an activating group) is 2. The Morgan fingerprint density at radius 3 is 2.53 bits per heavy atom. The average molecular weight is 241 g/mol. The van der Waals surface area contributed by atoms with Crippen molar-refractivity contribution in [3.63, 3.8) is 0 Å². The van der Waals surface area contributed by atoms with Gasteiger partial charge in [0.05, 0.1) is 12.5 Å². The first-order valence-corrected chi connectivity index (χ1v) is 6.36. The molecule has 0 radical (unpaired) electrons. The van der Waals surface area contributed by atoms with Crippen molar-refractivity contribution < 1.29 is 9.59 Å². The Morgan fingerprint density at radius 1 is 1.35 bits per heavy atom. The molecule has 1 atom stereocenters. The van der Waals surface area contributed by atoms with Crippen LogP contribution in [0.3, 0.4) is 0 Å². The number of nitrogens with one attached hydrogen (secondary N) is 1. The minimum absolute atomic E-state index is 0.0894. The van der Waals surface area contributed by atoms with Crippen LogP contribution >= 0.6 is 0 Å². The summed E-state index contributed by atoms with van der Waals surface area (Å²) in [5.41, 5.74) is 0. The van der Waals surface area contributed by atoms with Gasteiger partial charge in [-0.25, -0.2) is 0 Å². The van der Waals surface area contributed by atoms with E-state index in [9.17, 15) is 9.59 Å². The molecule has 1 aliphatic heterocycles. The maximum absolute atomic E-state index is 11.6. The van der Waals surface area contributed by atoms with Crippen LogP contribution in [0.1, 0.15) is 26.7 Å². The van der Waals surface area contributed by atoms with E-state index in [0.29, 0.717) is 6.42 Å². The number of rotatable bonds is 7. The summed E-state index contributed by atoms with van der Waals surface area (Å²) in [5.74, 6) is -0.193. The van der Waals surface area contributed by atoms with E-state index in [4.69, 9.17) is 0 Å². The van der Waals surface area contributed by atoms with Crippen molar-refractivity contribution in [1.82, 2.24) is 15.1 Å². The molecule has 1 unspecified atom stereocenters. The predicted octanol–water partition coefficient (Wildman–Crippen LogP) is 0.0652. The van der Waals surface area contributed by atoms with Crippen LogP contribution in [0.2, 0.25) is 0 Å². The third-order valence-corrected chi connectivity index (χ3v) is 3.19. The molecule has 1 heterocycles. The van der Waals surface area contributed by atoms with Gasteiger partial charge in [-0.1, -0.05) is 13.8 Å². The van der Waals surface area contributed by atoms with Crippen molar-refractivity contribution in [3.8, 4) is 0 Å². The van der Waals surface area contributed by atoms with Crippen LogP contribution in [-0.2, 0) is 9.59 Å². The summed E-state index contributed by atoms with van der Waals surface area (Å²) in [5, 5.41) is 3.16. The van der Waals surface area contributed by atoms with Gasteiger partial charge in [-0.2, -0.15) is 0 Å². The van der Waals surface area contributed by atoms with Crippen LogP contribution in [0, 0.1) is 0 Å². The van der Waals surface area contributed by atoms with Gasteiger partial charge in [-0.3, -0.25) is 14.5 Å². The molecule has 0 aromatic carbocycles. The van der Waals surface area contributed by atoms with Crippen LogP contribution in [-0.4, -0.2) is 60.9 Å². The van der Waals surface area contributed by atoms with E-state index in [0.717, 1.165) is 32.6 Å².